The van der Waals surface area contributed by atoms with Gasteiger partial charge in [0.05, 0.1) is 28.8 Å². The van der Waals surface area contributed by atoms with Gasteiger partial charge in [-0.25, -0.2) is 29.3 Å². The molecule has 1 N–H and O–H groups in total. The number of hydrogen-bond donors (Lipinski definition) is 1. The van der Waals surface area contributed by atoms with E-state index in [0.717, 1.165) is 35.2 Å². The molecule has 0 saturated heterocycles. The lowest BCUT2D eigenvalue weighted by Crippen LogP contribution is -2.65. The molecule has 4 aromatic carbocycles. The van der Waals surface area contributed by atoms with Gasteiger partial charge in [-0.1, -0.05) is 98.8 Å². The van der Waals surface area contributed by atoms with Crippen LogP contribution in [-0.2, 0) is 0 Å². The SMILES string of the molecule is CC(C)(C[C@@H]1CCC(n2c(-c3cncnc3)nc3cnc(-n4cnc5ccc(F)cc54)nc32)c2ccccc21)[Si](O)(c1ccccc1)c1ccccc1. The molecule has 2 atom stereocenters. The first kappa shape index (κ1) is 33.0. The average molecular weight is 717 g/mol. The number of fused-ring (bicyclic) bond motifs is 3. The van der Waals surface area contributed by atoms with Gasteiger partial charge >= 0.3 is 0 Å². The molecule has 9 nitrogen and oxygen atoms in total. The van der Waals surface area contributed by atoms with Crippen LogP contribution in [0.2, 0.25) is 5.04 Å². The van der Waals surface area contributed by atoms with E-state index in [4.69, 9.17) is 9.97 Å². The van der Waals surface area contributed by atoms with Crippen molar-refractivity contribution in [3.05, 3.63) is 151 Å². The van der Waals surface area contributed by atoms with Crippen LogP contribution in [0.3, 0.4) is 0 Å². The molecule has 0 saturated carbocycles. The molecule has 1 aliphatic carbocycles. The third-order valence-corrected chi connectivity index (χ3v) is 15.5. The highest BCUT2D eigenvalue weighted by Gasteiger charge is 2.51. The Kier molecular flexibility index (Phi) is 8.05. The van der Waals surface area contributed by atoms with E-state index in [1.54, 1.807) is 35.6 Å². The maximum absolute atomic E-state index is 14.4. The molecule has 0 fully saturated rings. The van der Waals surface area contributed by atoms with Crippen LogP contribution in [0.1, 0.15) is 56.2 Å². The van der Waals surface area contributed by atoms with E-state index in [2.05, 4.69) is 86.9 Å². The second-order valence-electron chi connectivity index (χ2n) is 14.5. The minimum absolute atomic E-state index is 0.107. The van der Waals surface area contributed by atoms with Crippen molar-refractivity contribution in [2.75, 3.05) is 0 Å². The summed E-state index contributed by atoms with van der Waals surface area (Å²) in [5, 5.41) is 1.62. The van der Waals surface area contributed by atoms with Gasteiger partial charge in [-0.15, -0.1) is 0 Å². The fraction of sp³-hybridized carbons (Fsp3) is 0.190. The molecule has 0 amide bonds. The minimum atomic E-state index is -3.23. The van der Waals surface area contributed by atoms with E-state index in [1.807, 2.05) is 36.4 Å². The Hall–Kier alpha value is -5.91. The Labute approximate surface area is 307 Å². The minimum Gasteiger partial charge on any atom is -0.424 e. The molecule has 0 radical (unpaired) electrons. The number of nitrogens with zero attached hydrogens (tertiary/aromatic N) is 8. The molecule has 262 valence electrons. The van der Waals surface area contributed by atoms with Crippen LogP contribution in [0, 0.1) is 5.82 Å². The Morgan fingerprint density at radius 2 is 1.45 bits per heavy atom. The quantitative estimate of drug-likeness (QED) is 0.167. The van der Waals surface area contributed by atoms with Crippen molar-refractivity contribution < 1.29 is 9.19 Å². The fourth-order valence-electron chi connectivity index (χ4n) is 8.46. The lowest BCUT2D eigenvalue weighted by Gasteiger charge is -2.44. The summed E-state index contributed by atoms with van der Waals surface area (Å²) in [6, 6.07) is 33.5. The smallest absolute Gasteiger partial charge is 0.258 e. The van der Waals surface area contributed by atoms with E-state index < -0.39 is 13.4 Å². The van der Waals surface area contributed by atoms with Crippen LogP contribution in [0.4, 0.5) is 4.39 Å². The normalized spacial score (nSPS) is 16.2. The summed E-state index contributed by atoms with van der Waals surface area (Å²) in [5.41, 5.74) is 5.73. The summed E-state index contributed by atoms with van der Waals surface area (Å²) in [4.78, 5) is 40.9. The zero-order valence-corrected chi connectivity index (χ0v) is 30.4. The molecular weight excluding hydrogens is 680 g/mol. The molecule has 0 aliphatic heterocycles. The molecule has 8 aromatic rings. The first-order valence-electron chi connectivity index (χ1n) is 17.9. The van der Waals surface area contributed by atoms with Crippen molar-refractivity contribution in [3.63, 3.8) is 0 Å². The van der Waals surface area contributed by atoms with E-state index >= 15 is 0 Å². The molecular formula is C42H37FN8OSi. The third-order valence-electron chi connectivity index (χ3n) is 11.0. The number of aromatic nitrogens is 8. The topological polar surface area (TPSA) is 107 Å². The number of halogens is 1. The highest BCUT2D eigenvalue weighted by Crippen LogP contribution is 2.50. The fourth-order valence-corrected chi connectivity index (χ4v) is 12.2. The lowest BCUT2D eigenvalue weighted by molar-refractivity contribution is 0.381. The summed E-state index contributed by atoms with van der Waals surface area (Å²) in [6.07, 6.45) is 10.9. The van der Waals surface area contributed by atoms with Crippen molar-refractivity contribution in [2.45, 2.75) is 50.1 Å². The number of benzene rings is 4. The lowest BCUT2D eigenvalue weighted by atomic mass is 9.76. The van der Waals surface area contributed by atoms with Gasteiger partial charge in [0, 0.05) is 18.5 Å². The van der Waals surface area contributed by atoms with E-state index in [-0.39, 0.29) is 17.8 Å². The highest BCUT2D eigenvalue weighted by atomic mass is 28.4. The second-order valence-corrected chi connectivity index (χ2v) is 18.4. The zero-order chi connectivity index (χ0) is 36.2. The highest BCUT2D eigenvalue weighted by molar-refractivity contribution is 6.98. The van der Waals surface area contributed by atoms with Gasteiger partial charge < -0.3 is 9.36 Å². The first-order chi connectivity index (χ1) is 25.8. The Morgan fingerprint density at radius 3 is 2.17 bits per heavy atom. The Balaban J connectivity index is 1.16. The summed E-state index contributed by atoms with van der Waals surface area (Å²) >= 11 is 0. The molecule has 53 heavy (non-hydrogen) atoms. The van der Waals surface area contributed by atoms with Gasteiger partial charge in [0.15, 0.2) is 5.65 Å². The van der Waals surface area contributed by atoms with Crippen LogP contribution in [-0.4, -0.2) is 52.2 Å². The molecule has 0 spiro atoms. The predicted octanol–water partition coefficient (Wildman–Crippen LogP) is 7.15. The van der Waals surface area contributed by atoms with E-state index in [1.165, 1.54) is 29.6 Å². The molecule has 9 rings (SSSR count). The molecule has 0 bridgehead atoms. The standard InChI is InChI=1S/C42H37FN8OSi/c1-42(2,53(52,31-11-5-3-6-12-31)32-13-7-4-8-14-32)22-28-17-20-37(34-16-10-9-15-33(28)34)51-39(29-23-44-26-45-24-29)48-36-25-46-41(49-40(36)51)50-27-47-35-19-18-30(43)21-38(35)50/h3-16,18-19,21,23-28,37,52H,17,20,22H2,1-2H3/t28-,37?/m0/s1. The van der Waals surface area contributed by atoms with Gasteiger partial charge in [0.2, 0.25) is 5.95 Å². The van der Waals surface area contributed by atoms with Gasteiger partial charge in [0.25, 0.3) is 8.32 Å². The van der Waals surface area contributed by atoms with E-state index in [0.29, 0.717) is 34.0 Å². The van der Waals surface area contributed by atoms with Crippen molar-refractivity contribution in [1.82, 2.24) is 39.0 Å². The maximum atomic E-state index is 14.4. The van der Waals surface area contributed by atoms with Crippen molar-refractivity contribution >= 4 is 40.9 Å². The number of hydrogen-bond acceptors (Lipinski definition) is 7. The number of rotatable bonds is 8. The van der Waals surface area contributed by atoms with Crippen LogP contribution in [0.5, 0.6) is 0 Å². The van der Waals surface area contributed by atoms with E-state index in [9.17, 15) is 9.19 Å². The van der Waals surface area contributed by atoms with Gasteiger partial charge in [-0.2, -0.15) is 4.98 Å². The van der Waals surface area contributed by atoms with Crippen molar-refractivity contribution in [2.24, 2.45) is 0 Å². The first-order valence-corrected chi connectivity index (χ1v) is 19.8. The van der Waals surface area contributed by atoms with Gasteiger partial charge in [-0.05, 0) is 63.9 Å². The van der Waals surface area contributed by atoms with Gasteiger partial charge in [0.1, 0.15) is 29.8 Å². The monoisotopic (exact) mass is 716 g/mol. The van der Waals surface area contributed by atoms with Crippen LogP contribution >= 0.6 is 0 Å². The molecule has 11 heteroatoms. The molecule has 4 heterocycles. The van der Waals surface area contributed by atoms with Crippen molar-refractivity contribution in [3.8, 4) is 17.3 Å². The number of imidazole rings is 2. The third kappa shape index (κ3) is 5.55. The largest absolute Gasteiger partial charge is 0.424 e. The average Bonchev–Trinajstić information content (AvgIpc) is 3.80. The maximum Gasteiger partial charge on any atom is 0.258 e. The summed E-state index contributed by atoms with van der Waals surface area (Å²) in [7, 11) is -3.23. The summed E-state index contributed by atoms with van der Waals surface area (Å²) in [6.45, 7) is 4.49. The van der Waals surface area contributed by atoms with Crippen LogP contribution < -0.4 is 10.4 Å². The molecule has 1 unspecified atom stereocenters. The van der Waals surface area contributed by atoms with Crippen molar-refractivity contribution in [1.29, 1.82) is 0 Å². The second kappa shape index (κ2) is 12.9. The summed E-state index contributed by atoms with van der Waals surface area (Å²) in [5.74, 6) is 0.918. The Bertz CT molecular complexity index is 2540. The van der Waals surface area contributed by atoms with Crippen LogP contribution in [0.15, 0.2) is 134 Å². The molecule has 1 aliphatic rings. The Morgan fingerprint density at radius 1 is 0.774 bits per heavy atom. The predicted molar refractivity (Wildman–Crippen MR) is 206 cm³/mol. The van der Waals surface area contributed by atoms with Crippen LogP contribution in [0.25, 0.3) is 39.5 Å². The molecule has 4 aromatic heterocycles. The van der Waals surface area contributed by atoms with Gasteiger partial charge in [-0.3, -0.25) is 4.57 Å². The summed E-state index contributed by atoms with van der Waals surface area (Å²) < 4.78 is 18.3. The zero-order valence-electron chi connectivity index (χ0n) is 29.4.